The van der Waals surface area contributed by atoms with Crippen LogP contribution < -0.4 is 11.5 Å². The van der Waals surface area contributed by atoms with Crippen molar-refractivity contribution in [2.75, 3.05) is 11.5 Å². The highest BCUT2D eigenvalue weighted by Gasteiger charge is 2.07. The molecular weight excluding hydrogens is 248 g/mol. The van der Waals surface area contributed by atoms with E-state index in [-0.39, 0.29) is 5.95 Å². The maximum Gasteiger partial charge on any atom is 0.261 e. The van der Waals surface area contributed by atoms with E-state index in [2.05, 4.69) is 26.1 Å². The molecule has 1 aromatic carbocycles. The zero-order valence-electron chi connectivity index (χ0n) is 7.07. The summed E-state index contributed by atoms with van der Waals surface area (Å²) < 4.78 is 5.75. The molecule has 0 spiro atoms. The van der Waals surface area contributed by atoms with Crippen LogP contribution in [0, 0.1) is 0 Å². The minimum Gasteiger partial charge on any atom is -0.399 e. The fraction of sp³-hybridized carbons (Fsp3) is 0. The van der Waals surface area contributed by atoms with Gasteiger partial charge in [0.25, 0.3) is 11.8 Å². The van der Waals surface area contributed by atoms with E-state index in [1.807, 2.05) is 6.07 Å². The van der Waals surface area contributed by atoms with Crippen LogP contribution in [0.3, 0.4) is 0 Å². The van der Waals surface area contributed by atoms with Gasteiger partial charge in [0.15, 0.2) is 0 Å². The Bertz CT molecular complexity index is 448. The van der Waals surface area contributed by atoms with Gasteiger partial charge in [-0.25, -0.2) is 0 Å². The molecule has 0 radical (unpaired) electrons. The number of nitrogen functional groups attached to an aromatic ring is 2. The van der Waals surface area contributed by atoms with Crippen molar-refractivity contribution in [2.24, 2.45) is 0 Å². The number of nitrogens with zero attached hydrogens (tertiary/aromatic N) is 2. The molecule has 0 saturated heterocycles. The molecule has 1 heterocycles. The molecule has 0 amide bonds. The molecule has 4 N–H and O–H groups in total. The monoisotopic (exact) mass is 254 g/mol. The summed E-state index contributed by atoms with van der Waals surface area (Å²) in [6.07, 6.45) is 0. The Morgan fingerprint density at radius 3 is 2.57 bits per heavy atom. The van der Waals surface area contributed by atoms with E-state index in [1.165, 1.54) is 0 Å². The smallest absolute Gasteiger partial charge is 0.261 e. The van der Waals surface area contributed by atoms with Crippen LogP contribution in [0.2, 0.25) is 0 Å². The maximum atomic E-state index is 5.65. The number of nitrogens with two attached hydrogens (primary N) is 2. The minimum absolute atomic E-state index is 0.110. The highest BCUT2D eigenvalue weighted by molar-refractivity contribution is 9.10. The molecule has 0 aliphatic rings. The first-order chi connectivity index (χ1) is 6.65. The van der Waals surface area contributed by atoms with E-state index in [9.17, 15) is 0 Å². The van der Waals surface area contributed by atoms with Crippen LogP contribution in [-0.2, 0) is 0 Å². The Hall–Kier alpha value is -1.56. The average molecular weight is 255 g/mol. The third-order valence-electron chi connectivity index (χ3n) is 1.61. The number of aromatic nitrogens is 2. The quantitative estimate of drug-likeness (QED) is 0.756. The third kappa shape index (κ3) is 1.69. The number of anilines is 2. The van der Waals surface area contributed by atoms with Gasteiger partial charge in [0.1, 0.15) is 0 Å². The van der Waals surface area contributed by atoms with Crippen LogP contribution in [0.25, 0.3) is 11.5 Å². The van der Waals surface area contributed by atoms with Crippen LogP contribution >= 0.6 is 15.9 Å². The molecule has 2 aromatic rings. The fourth-order valence-corrected chi connectivity index (χ4v) is 1.60. The summed E-state index contributed by atoms with van der Waals surface area (Å²) in [4.78, 5) is 3.89. The van der Waals surface area contributed by atoms with Crippen molar-refractivity contribution in [3.05, 3.63) is 22.7 Å². The molecule has 1 aromatic heterocycles. The number of rotatable bonds is 1. The van der Waals surface area contributed by atoms with Crippen molar-refractivity contribution < 1.29 is 4.52 Å². The molecule has 0 aliphatic carbocycles. The van der Waals surface area contributed by atoms with Crippen molar-refractivity contribution in [1.82, 2.24) is 10.1 Å². The van der Waals surface area contributed by atoms with E-state index >= 15 is 0 Å². The van der Waals surface area contributed by atoms with Gasteiger partial charge >= 0.3 is 0 Å². The van der Waals surface area contributed by atoms with E-state index in [1.54, 1.807) is 12.1 Å². The Morgan fingerprint density at radius 2 is 2.00 bits per heavy atom. The molecule has 5 nitrogen and oxygen atoms in total. The minimum atomic E-state index is 0.110. The Balaban J connectivity index is 2.51. The van der Waals surface area contributed by atoms with Crippen LogP contribution in [-0.4, -0.2) is 10.1 Å². The summed E-state index contributed by atoms with van der Waals surface area (Å²) >= 11 is 3.32. The van der Waals surface area contributed by atoms with Gasteiger partial charge in [-0.2, -0.15) is 4.98 Å². The lowest BCUT2D eigenvalue weighted by Gasteiger charge is -1.98. The van der Waals surface area contributed by atoms with Gasteiger partial charge in [-0.1, -0.05) is 15.9 Å². The van der Waals surface area contributed by atoms with Crippen molar-refractivity contribution >= 4 is 27.6 Å². The number of benzene rings is 1. The average Bonchev–Trinajstić information content (AvgIpc) is 2.50. The zero-order chi connectivity index (χ0) is 10.1. The van der Waals surface area contributed by atoms with Gasteiger partial charge < -0.3 is 16.0 Å². The Labute approximate surface area is 88.2 Å². The summed E-state index contributed by atoms with van der Waals surface area (Å²) in [5.74, 6) is 0.467. The van der Waals surface area contributed by atoms with Gasteiger partial charge in [-0.05, 0) is 23.4 Å². The predicted molar refractivity (Wildman–Crippen MR) is 56.3 cm³/mol. The highest BCUT2D eigenvalue weighted by Crippen LogP contribution is 2.25. The van der Waals surface area contributed by atoms with Gasteiger partial charge in [0.05, 0.1) is 0 Å². The van der Waals surface area contributed by atoms with Crippen LogP contribution in [0.1, 0.15) is 0 Å². The molecule has 14 heavy (non-hydrogen) atoms. The van der Waals surface area contributed by atoms with Crippen LogP contribution in [0.4, 0.5) is 11.6 Å². The van der Waals surface area contributed by atoms with Gasteiger partial charge in [0.2, 0.25) is 0 Å². The zero-order valence-corrected chi connectivity index (χ0v) is 8.65. The van der Waals surface area contributed by atoms with Crippen LogP contribution in [0.15, 0.2) is 27.2 Å². The van der Waals surface area contributed by atoms with Crippen molar-refractivity contribution in [3.8, 4) is 11.5 Å². The number of hydrogen-bond acceptors (Lipinski definition) is 5. The number of halogens is 1. The molecule has 0 saturated carbocycles. The summed E-state index contributed by atoms with van der Waals surface area (Å²) in [5.41, 5.74) is 12.3. The second kappa shape index (κ2) is 3.30. The normalized spacial score (nSPS) is 10.4. The predicted octanol–water partition coefficient (Wildman–Crippen LogP) is 1.66. The lowest BCUT2D eigenvalue weighted by molar-refractivity contribution is 0.433. The first kappa shape index (κ1) is 9.01. The molecule has 72 valence electrons. The molecule has 0 fully saturated rings. The van der Waals surface area contributed by atoms with Gasteiger partial charge in [0, 0.05) is 15.7 Å². The lowest BCUT2D eigenvalue weighted by Crippen LogP contribution is -1.88. The maximum absolute atomic E-state index is 5.65. The molecular formula is C8H7BrN4O. The van der Waals surface area contributed by atoms with Crippen LogP contribution in [0.5, 0.6) is 0 Å². The second-order valence-corrected chi connectivity index (χ2v) is 3.65. The first-order valence-corrected chi connectivity index (χ1v) is 4.60. The SMILES string of the molecule is Nc1cc(Br)cc(-c2nc(N)no2)c1. The Morgan fingerprint density at radius 1 is 1.21 bits per heavy atom. The van der Waals surface area contributed by atoms with Crippen molar-refractivity contribution in [2.45, 2.75) is 0 Å². The van der Waals surface area contributed by atoms with E-state index in [0.29, 0.717) is 11.6 Å². The van der Waals surface area contributed by atoms with Gasteiger partial charge in [-0.15, -0.1) is 0 Å². The fourth-order valence-electron chi connectivity index (χ4n) is 1.09. The standard InChI is InChI=1S/C8H7BrN4O/c9-5-1-4(2-6(10)3-5)7-12-8(11)13-14-7/h1-3H,10H2,(H2,11,13). The van der Waals surface area contributed by atoms with Gasteiger partial charge in [-0.3, -0.25) is 0 Å². The summed E-state index contributed by atoms with van der Waals surface area (Å²) in [5, 5.41) is 3.49. The van der Waals surface area contributed by atoms with E-state index < -0.39 is 0 Å². The molecule has 0 aliphatic heterocycles. The molecule has 0 atom stereocenters. The topological polar surface area (TPSA) is 91.0 Å². The molecule has 0 unspecified atom stereocenters. The summed E-state index contributed by atoms with van der Waals surface area (Å²) in [6.45, 7) is 0. The highest BCUT2D eigenvalue weighted by atomic mass is 79.9. The number of hydrogen-bond donors (Lipinski definition) is 2. The second-order valence-electron chi connectivity index (χ2n) is 2.73. The molecule has 2 rings (SSSR count). The van der Waals surface area contributed by atoms with Crippen molar-refractivity contribution in [1.29, 1.82) is 0 Å². The molecule has 0 bridgehead atoms. The van der Waals surface area contributed by atoms with E-state index in [4.69, 9.17) is 16.0 Å². The summed E-state index contributed by atoms with van der Waals surface area (Å²) in [7, 11) is 0. The Kier molecular flexibility index (Phi) is 2.12. The largest absolute Gasteiger partial charge is 0.399 e. The first-order valence-electron chi connectivity index (χ1n) is 3.81. The molecule has 6 heteroatoms. The lowest BCUT2D eigenvalue weighted by atomic mass is 10.2. The summed E-state index contributed by atoms with van der Waals surface area (Å²) in [6, 6.07) is 5.34. The van der Waals surface area contributed by atoms with E-state index in [0.717, 1.165) is 10.0 Å². The van der Waals surface area contributed by atoms with Crippen molar-refractivity contribution in [3.63, 3.8) is 0 Å². The third-order valence-corrected chi connectivity index (χ3v) is 2.07.